The number of nitrogens with one attached hydrogen (secondary N) is 1. The molecule has 3 heteroatoms. The van der Waals surface area contributed by atoms with Crippen molar-refractivity contribution in [1.29, 1.82) is 0 Å². The zero-order valence-electron chi connectivity index (χ0n) is 11.3. The predicted molar refractivity (Wildman–Crippen MR) is 81.6 cm³/mol. The monoisotopic (exact) mass is 287 g/mol. The van der Waals surface area contributed by atoms with Gasteiger partial charge in [-0.1, -0.05) is 62.7 Å². The highest BCUT2D eigenvalue weighted by atomic mass is 35.5. The molecule has 0 fully saturated rings. The fourth-order valence-corrected chi connectivity index (χ4v) is 2.60. The van der Waals surface area contributed by atoms with Gasteiger partial charge < -0.3 is 5.32 Å². The largest absolute Gasteiger partial charge is 0.310 e. The molecule has 0 bridgehead atoms. The minimum atomic E-state index is 0.318. The Labute approximate surface area is 121 Å². The SMILES string of the molecule is CCCCCCC(NCC)c1cc(Cl)ccc1Cl. The van der Waals surface area contributed by atoms with Crippen LogP contribution in [0.2, 0.25) is 10.0 Å². The van der Waals surface area contributed by atoms with Gasteiger partial charge >= 0.3 is 0 Å². The summed E-state index contributed by atoms with van der Waals surface area (Å²) in [4.78, 5) is 0. The van der Waals surface area contributed by atoms with E-state index in [0.29, 0.717) is 6.04 Å². The van der Waals surface area contributed by atoms with Gasteiger partial charge in [0, 0.05) is 16.1 Å². The number of rotatable bonds is 8. The van der Waals surface area contributed by atoms with Crippen LogP contribution in [-0.2, 0) is 0 Å². The summed E-state index contributed by atoms with van der Waals surface area (Å²) in [6.07, 6.45) is 6.21. The molecular weight excluding hydrogens is 265 g/mol. The Hall–Kier alpha value is -0.240. The molecule has 1 nitrogen and oxygen atoms in total. The molecule has 0 spiro atoms. The first-order valence-electron chi connectivity index (χ1n) is 6.87. The van der Waals surface area contributed by atoms with E-state index < -0.39 is 0 Å². The van der Waals surface area contributed by atoms with Crippen LogP contribution < -0.4 is 5.32 Å². The van der Waals surface area contributed by atoms with Crippen molar-refractivity contribution in [3.8, 4) is 0 Å². The van der Waals surface area contributed by atoms with Gasteiger partial charge in [0.15, 0.2) is 0 Å². The summed E-state index contributed by atoms with van der Waals surface area (Å²) >= 11 is 12.3. The van der Waals surface area contributed by atoms with Crippen LogP contribution in [-0.4, -0.2) is 6.54 Å². The molecule has 1 N–H and O–H groups in total. The van der Waals surface area contributed by atoms with Gasteiger partial charge in [-0.2, -0.15) is 0 Å². The number of halogens is 2. The van der Waals surface area contributed by atoms with Gasteiger partial charge in [-0.25, -0.2) is 0 Å². The first kappa shape index (κ1) is 15.8. The zero-order valence-corrected chi connectivity index (χ0v) is 12.8. The first-order chi connectivity index (χ1) is 8.69. The lowest BCUT2D eigenvalue weighted by atomic mass is 10.00. The van der Waals surface area contributed by atoms with E-state index in [4.69, 9.17) is 23.2 Å². The Balaban J connectivity index is 2.67. The molecule has 0 heterocycles. The van der Waals surface area contributed by atoms with Crippen LogP contribution >= 0.6 is 23.2 Å². The van der Waals surface area contributed by atoms with Crippen molar-refractivity contribution < 1.29 is 0 Å². The van der Waals surface area contributed by atoms with Crippen molar-refractivity contribution in [1.82, 2.24) is 5.32 Å². The lowest BCUT2D eigenvalue weighted by Crippen LogP contribution is -2.21. The molecule has 0 aliphatic carbocycles. The standard InChI is InChI=1S/C15H23Cl2N/c1-3-5-6-7-8-15(18-4-2)13-11-12(16)9-10-14(13)17/h9-11,15,18H,3-8H2,1-2H3. The van der Waals surface area contributed by atoms with Crippen molar-refractivity contribution in [3.63, 3.8) is 0 Å². The Morgan fingerprint density at radius 1 is 1.11 bits per heavy atom. The van der Waals surface area contributed by atoms with E-state index in [1.807, 2.05) is 18.2 Å². The summed E-state index contributed by atoms with van der Waals surface area (Å²) in [5, 5.41) is 5.06. The van der Waals surface area contributed by atoms with Gasteiger partial charge in [0.05, 0.1) is 0 Å². The molecule has 1 unspecified atom stereocenters. The molecule has 0 saturated carbocycles. The van der Waals surface area contributed by atoms with E-state index in [9.17, 15) is 0 Å². The average molecular weight is 288 g/mol. The molecule has 1 aromatic carbocycles. The molecule has 0 radical (unpaired) electrons. The highest BCUT2D eigenvalue weighted by Gasteiger charge is 2.13. The van der Waals surface area contributed by atoms with Crippen LogP contribution in [0.5, 0.6) is 0 Å². The Morgan fingerprint density at radius 3 is 2.56 bits per heavy atom. The molecule has 18 heavy (non-hydrogen) atoms. The highest BCUT2D eigenvalue weighted by Crippen LogP contribution is 2.29. The summed E-state index contributed by atoms with van der Waals surface area (Å²) in [5.74, 6) is 0. The third-order valence-electron chi connectivity index (χ3n) is 3.13. The maximum atomic E-state index is 6.27. The van der Waals surface area contributed by atoms with Crippen molar-refractivity contribution >= 4 is 23.2 Å². The number of benzene rings is 1. The van der Waals surface area contributed by atoms with E-state index in [1.54, 1.807) is 0 Å². The van der Waals surface area contributed by atoms with E-state index in [2.05, 4.69) is 19.2 Å². The first-order valence-corrected chi connectivity index (χ1v) is 7.63. The Kier molecular flexibility index (Phi) is 7.73. The summed E-state index contributed by atoms with van der Waals surface area (Å²) in [6, 6.07) is 6.03. The molecular formula is C15H23Cl2N. The van der Waals surface area contributed by atoms with E-state index >= 15 is 0 Å². The van der Waals surface area contributed by atoms with Crippen molar-refractivity contribution in [2.75, 3.05) is 6.54 Å². The molecule has 1 rings (SSSR count). The minimum Gasteiger partial charge on any atom is -0.310 e. The van der Waals surface area contributed by atoms with E-state index in [0.717, 1.165) is 28.6 Å². The molecule has 0 aromatic heterocycles. The van der Waals surface area contributed by atoms with Crippen LogP contribution in [0, 0.1) is 0 Å². The molecule has 1 atom stereocenters. The number of unbranched alkanes of at least 4 members (excludes halogenated alkanes) is 3. The number of hydrogen-bond donors (Lipinski definition) is 1. The molecule has 0 amide bonds. The van der Waals surface area contributed by atoms with Crippen molar-refractivity contribution in [3.05, 3.63) is 33.8 Å². The fourth-order valence-electron chi connectivity index (χ4n) is 2.17. The molecule has 102 valence electrons. The lowest BCUT2D eigenvalue weighted by Gasteiger charge is -2.20. The van der Waals surface area contributed by atoms with Crippen LogP contribution in [0.3, 0.4) is 0 Å². The minimum absolute atomic E-state index is 0.318. The van der Waals surface area contributed by atoms with Gasteiger partial charge in [-0.3, -0.25) is 0 Å². The fraction of sp³-hybridized carbons (Fsp3) is 0.600. The van der Waals surface area contributed by atoms with Gasteiger partial charge in [-0.15, -0.1) is 0 Å². The summed E-state index contributed by atoms with van der Waals surface area (Å²) in [6.45, 7) is 5.30. The maximum Gasteiger partial charge on any atom is 0.0454 e. The summed E-state index contributed by atoms with van der Waals surface area (Å²) < 4.78 is 0. The maximum absolute atomic E-state index is 6.27. The quantitative estimate of drug-likeness (QED) is 0.613. The zero-order chi connectivity index (χ0) is 13.4. The van der Waals surface area contributed by atoms with E-state index in [1.165, 1.54) is 25.7 Å². The third-order valence-corrected chi connectivity index (χ3v) is 3.71. The second-order valence-corrected chi connectivity index (χ2v) is 5.47. The van der Waals surface area contributed by atoms with Crippen molar-refractivity contribution in [2.45, 2.75) is 52.0 Å². The van der Waals surface area contributed by atoms with E-state index in [-0.39, 0.29) is 0 Å². The summed E-state index contributed by atoms with van der Waals surface area (Å²) in [5.41, 5.74) is 1.13. The Morgan fingerprint density at radius 2 is 1.89 bits per heavy atom. The molecule has 1 aromatic rings. The number of hydrogen-bond acceptors (Lipinski definition) is 1. The van der Waals surface area contributed by atoms with Crippen LogP contribution in [0.25, 0.3) is 0 Å². The second kappa shape index (κ2) is 8.79. The summed E-state index contributed by atoms with van der Waals surface area (Å²) in [7, 11) is 0. The van der Waals surface area contributed by atoms with Crippen LogP contribution in [0.1, 0.15) is 57.6 Å². The van der Waals surface area contributed by atoms with Gasteiger partial charge in [0.25, 0.3) is 0 Å². The smallest absolute Gasteiger partial charge is 0.0454 e. The molecule has 0 aliphatic rings. The second-order valence-electron chi connectivity index (χ2n) is 4.63. The normalized spacial score (nSPS) is 12.7. The van der Waals surface area contributed by atoms with Gasteiger partial charge in [0.1, 0.15) is 0 Å². The average Bonchev–Trinajstić information content (AvgIpc) is 2.36. The molecule has 0 saturated heterocycles. The highest BCUT2D eigenvalue weighted by molar-refractivity contribution is 6.33. The predicted octanol–water partition coefficient (Wildman–Crippen LogP) is 5.61. The van der Waals surface area contributed by atoms with Crippen molar-refractivity contribution in [2.24, 2.45) is 0 Å². The van der Waals surface area contributed by atoms with Crippen LogP contribution in [0.4, 0.5) is 0 Å². The van der Waals surface area contributed by atoms with Crippen LogP contribution in [0.15, 0.2) is 18.2 Å². The Bertz CT molecular complexity index is 352. The van der Waals surface area contributed by atoms with Gasteiger partial charge in [0.2, 0.25) is 0 Å². The van der Waals surface area contributed by atoms with Gasteiger partial charge in [-0.05, 0) is 36.7 Å². The lowest BCUT2D eigenvalue weighted by molar-refractivity contribution is 0.482. The topological polar surface area (TPSA) is 12.0 Å². The third kappa shape index (κ3) is 5.17. The molecule has 0 aliphatic heterocycles.